The van der Waals surface area contributed by atoms with Gasteiger partial charge in [0.1, 0.15) is 0 Å². The number of unbranched alkanes of at least 4 members (excludes halogenated alkanes) is 1. The van der Waals surface area contributed by atoms with E-state index in [2.05, 4.69) is 19.2 Å². The highest BCUT2D eigenvalue weighted by atomic mass is 16.5. The van der Waals surface area contributed by atoms with Crippen molar-refractivity contribution in [3.63, 3.8) is 0 Å². The Morgan fingerprint density at radius 1 is 1.50 bits per heavy atom. The molecule has 1 saturated heterocycles. The molecule has 2 unspecified atom stereocenters. The zero-order valence-corrected chi connectivity index (χ0v) is 10.6. The van der Waals surface area contributed by atoms with Gasteiger partial charge in [-0.1, -0.05) is 33.1 Å². The average Bonchev–Trinajstić information content (AvgIpc) is 2.82. The van der Waals surface area contributed by atoms with Crippen molar-refractivity contribution in [2.24, 2.45) is 11.8 Å². The van der Waals surface area contributed by atoms with E-state index in [1.165, 1.54) is 19.3 Å². The van der Waals surface area contributed by atoms with Crippen molar-refractivity contribution in [2.45, 2.75) is 46.0 Å². The van der Waals surface area contributed by atoms with Crippen LogP contribution in [0.1, 0.15) is 46.0 Å². The number of ether oxygens (including phenoxy) is 1. The van der Waals surface area contributed by atoms with Gasteiger partial charge >= 0.3 is 0 Å². The summed E-state index contributed by atoms with van der Waals surface area (Å²) in [5.41, 5.74) is 0. The van der Waals surface area contributed by atoms with Crippen LogP contribution >= 0.6 is 0 Å². The van der Waals surface area contributed by atoms with E-state index in [4.69, 9.17) is 4.74 Å². The normalized spacial score (nSPS) is 22.0. The molecule has 1 aliphatic rings. The monoisotopic (exact) mass is 227 g/mol. The number of amides is 1. The van der Waals surface area contributed by atoms with E-state index in [9.17, 15) is 4.79 Å². The van der Waals surface area contributed by atoms with E-state index >= 15 is 0 Å². The second-order valence-corrected chi connectivity index (χ2v) is 4.72. The highest BCUT2D eigenvalue weighted by molar-refractivity contribution is 5.78. The fraction of sp³-hybridized carbons (Fsp3) is 0.923. The molecule has 3 heteroatoms. The first-order valence-electron chi connectivity index (χ1n) is 6.63. The minimum Gasteiger partial charge on any atom is -0.381 e. The lowest BCUT2D eigenvalue weighted by molar-refractivity contribution is -0.125. The molecule has 3 nitrogen and oxygen atoms in total. The minimum atomic E-state index is 0.101. The Morgan fingerprint density at radius 3 is 2.88 bits per heavy atom. The fourth-order valence-electron chi connectivity index (χ4n) is 2.07. The topological polar surface area (TPSA) is 38.3 Å². The predicted molar refractivity (Wildman–Crippen MR) is 65.2 cm³/mol. The van der Waals surface area contributed by atoms with Crippen LogP contribution in [0.2, 0.25) is 0 Å². The Kier molecular flexibility index (Phi) is 6.46. The van der Waals surface area contributed by atoms with Gasteiger partial charge in [0.2, 0.25) is 5.91 Å². The van der Waals surface area contributed by atoms with Gasteiger partial charge in [0.15, 0.2) is 0 Å². The molecule has 94 valence electrons. The number of hydrogen-bond donors (Lipinski definition) is 1. The van der Waals surface area contributed by atoms with Crippen molar-refractivity contribution in [1.29, 1.82) is 0 Å². The first-order valence-corrected chi connectivity index (χ1v) is 6.63. The predicted octanol–water partition coefficient (Wildman–Crippen LogP) is 2.36. The zero-order valence-electron chi connectivity index (χ0n) is 10.6. The van der Waals surface area contributed by atoms with Crippen LogP contribution in [0.4, 0.5) is 0 Å². The van der Waals surface area contributed by atoms with Gasteiger partial charge < -0.3 is 10.1 Å². The summed E-state index contributed by atoms with van der Waals surface area (Å²) < 4.78 is 5.22. The highest BCUT2D eigenvalue weighted by Crippen LogP contribution is 2.14. The molecule has 0 spiro atoms. The van der Waals surface area contributed by atoms with Gasteiger partial charge in [0.25, 0.3) is 0 Å². The van der Waals surface area contributed by atoms with Gasteiger partial charge in [0, 0.05) is 13.2 Å². The molecule has 1 N–H and O–H groups in total. The summed E-state index contributed by atoms with van der Waals surface area (Å²) in [4.78, 5) is 11.7. The van der Waals surface area contributed by atoms with Crippen LogP contribution in [0.5, 0.6) is 0 Å². The van der Waals surface area contributed by atoms with E-state index in [1.807, 2.05) is 0 Å². The Bertz CT molecular complexity index is 200. The molecule has 1 aliphatic heterocycles. The van der Waals surface area contributed by atoms with Crippen LogP contribution < -0.4 is 5.32 Å². The van der Waals surface area contributed by atoms with Gasteiger partial charge in [0.05, 0.1) is 12.5 Å². The maximum Gasteiger partial charge on any atom is 0.225 e. The molecule has 0 aliphatic carbocycles. The van der Waals surface area contributed by atoms with Crippen molar-refractivity contribution in [2.75, 3.05) is 19.8 Å². The molecule has 2 atom stereocenters. The van der Waals surface area contributed by atoms with E-state index in [0.29, 0.717) is 12.5 Å². The summed E-state index contributed by atoms with van der Waals surface area (Å²) in [5, 5.41) is 3.07. The lowest BCUT2D eigenvalue weighted by atomic mass is 9.99. The van der Waals surface area contributed by atoms with Crippen LogP contribution in [-0.2, 0) is 9.53 Å². The summed E-state index contributed by atoms with van der Waals surface area (Å²) in [5.74, 6) is 0.933. The maximum atomic E-state index is 11.7. The Hall–Kier alpha value is -0.570. The van der Waals surface area contributed by atoms with Crippen molar-refractivity contribution in [3.8, 4) is 0 Å². The summed E-state index contributed by atoms with van der Waals surface area (Å²) in [7, 11) is 0. The second kappa shape index (κ2) is 7.66. The van der Waals surface area contributed by atoms with Gasteiger partial charge in [-0.2, -0.15) is 0 Å². The molecule has 0 aromatic heterocycles. The quantitative estimate of drug-likeness (QED) is 0.725. The second-order valence-electron chi connectivity index (χ2n) is 4.72. The largest absolute Gasteiger partial charge is 0.381 e. The molecule has 1 heterocycles. The first-order chi connectivity index (χ1) is 7.77. The smallest absolute Gasteiger partial charge is 0.225 e. The molecule has 0 radical (unpaired) electrons. The number of hydrogen-bond acceptors (Lipinski definition) is 2. The zero-order chi connectivity index (χ0) is 11.8. The van der Waals surface area contributed by atoms with Gasteiger partial charge in [-0.05, 0) is 18.8 Å². The minimum absolute atomic E-state index is 0.101. The van der Waals surface area contributed by atoms with Crippen LogP contribution in [0, 0.1) is 11.8 Å². The third kappa shape index (κ3) is 4.52. The van der Waals surface area contributed by atoms with Crippen molar-refractivity contribution in [1.82, 2.24) is 5.32 Å². The number of carbonyl (C=O) groups excluding carboxylic acids is 1. The third-order valence-electron chi connectivity index (χ3n) is 3.41. The third-order valence-corrected chi connectivity index (χ3v) is 3.41. The molecule has 16 heavy (non-hydrogen) atoms. The van der Waals surface area contributed by atoms with Crippen molar-refractivity contribution in [3.05, 3.63) is 0 Å². The lowest BCUT2D eigenvalue weighted by Gasteiger charge is -2.16. The Labute approximate surface area is 98.9 Å². The van der Waals surface area contributed by atoms with Crippen LogP contribution in [0.15, 0.2) is 0 Å². The van der Waals surface area contributed by atoms with Gasteiger partial charge in [-0.15, -0.1) is 0 Å². The van der Waals surface area contributed by atoms with Crippen LogP contribution in [0.25, 0.3) is 0 Å². The molecular weight excluding hydrogens is 202 g/mol. The number of rotatable bonds is 7. The van der Waals surface area contributed by atoms with E-state index in [-0.39, 0.29) is 11.8 Å². The average molecular weight is 227 g/mol. The van der Waals surface area contributed by atoms with E-state index in [0.717, 1.165) is 26.0 Å². The van der Waals surface area contributed by atoms with E-state index < -0.39 is 0 Å². The van der Waals surface area contributed by atoms with Gasteiger partial charge in [-0.25, -0.2) is 0 Å². The molecule has 0 saturated carbocycles. The van der Waals surface area contributed by atoms with E-state index in [1.54, 1.807) is 0 Å². The van der Waals surface area contributed by atoms with Gasteiger partial charge in [-0.3, -0.25) is 4.79 Å². The van der Waals surface area contributed by atoms with Crippen molar-refractivity contribution < 1.29 is 9.53 Å². The maximum absolute atomic E-state index is 11.7. The first kappa shape index (κ1) is 13.5. The molecule has 0 bridgehead atoms. The molecule has 1 amide bonds. The number of carbonyl (C=O) groups is 1. The molecule has 1 fully saturated rings. The SMILES string of the molecule is CCCCC(CC)CNC(=O)C1CCOC1. The molecule has 0 aromatic rings. The summed E-state index contributed by atoms with van der Waals surface area (Å²) in [6.07, 6.45) is 5.77. The van der Waals surface area contributed by atoms with Crippen LogP contribution in [0.3, 0.4) is 0 Å². The Morgan fingerprint density at radius 2 is 2.31 bits per heavy atom. The molecule has 0 aromatic carbocycles. The number of nitrogens with one attached hydrogen (secondary N) is 1. The summed E-state index contributed by atoms with van der Waals surface area (Å²) >= 11 is 0. The highest BCUT2D eigenvalue weighted by Gasteiger charge is 2.23. The fourth-order valence-corrected chi connectivity index (χ4v) is 2.07. The Balaban J connectivity index is 2.17. The van der Waals surface area contributed by atoms with Crippen LogP contribution in [-0.4, -0.2) is 25.7 Å². The summed E-state index contributed by atoms with van der Waals surface area (Å²) in [6.45, 7) is 6.60. The lowest BCUT2D eigenvalue weighted by Crippen LogP contribution is -2.34. The molecule has 1 rings (SSSR count). The van der Waals surface area contributed by atoms with Crippen molar-refractivity contribution >= 4 is 5.91 Å². The molecular formula is C13H25NO2. The summed E-state index contributed by atoms with van der Waals surface area (Å²) in [6, 6.07) is 0. The standard InChI is InChI=1S/C13H25NO2/c1-3-5-6-11(4-2)9-14-13(15)12-7-8-16-10-12/h11-12H,3-10H2,1-2H3,(H,14,15).